The molecular formula is C20H18N4O3. The van der Waals surface area contributed by atoms with Crippen molar-refractivity contribution in [3.8, 4) is 0 Å². The van der Waals surface area contributed by atoms with E-state index in [1.54, 1.807) is 30.3 Å². The largest absolute Gasteiger partial charge is 0.351 e. The van der Waals surface area contributed by atoms with Gasteiger partial charge in [0.05, 0.1) is 11.0 Å². The van der Waals surface area contributed by atoms with Crippen LogP contribution in [0.4, 0.5) is 0 Å². The molecule has 7 heteroatoms. The molecule has 2 aromatic carbocycles. The molecule has 0 aliphatic heterocycles. The van der Waals surface area contributed by atoms with Crippen LogP contribution in [0, 0.1) is 0 Å². The Morgan fingerprint density at radius 2 is 1.89 bits per heavy atom. The van der Waals surface area contributed by atoms with Gasteiger partial charge in [-0.25, -0.2) is 0 Å². The van der Waals surface area contributed by atoms with Crippen LogP contribution < -0.4 is 16.4 Å². The molecular weight excluding hydrogens is 344 g/mol. The molecule has 2 aromatic heterocycles. The van der Waals surface area contributed by atoms with Crippen molar-refractivity contribution < 1.29 is 4.79 Å². The zero-order valence-corrected chi connectivity index (χ0v) is 14.7. The van der Waals surface area contributed by atoms with E-state index >= 15 is 0 Å². The number of aromatic nitrogens is 3. The summed E-state index contributed by atoms with van der Waals surface area (Å²) in [5.41, 5.74) is 1.51. The number of para-hydroxylation sites is 2. The van der Waals surface area contributed by atoms with Gasteiger partial charge < -0.3 is 19.4 Å². The van der Waals surface area contributed by atoms with Gasteiger partial charge in [0, 0.05) is 42.8 Å². The van der Waals surface area contributed by atoms with Crippen molar-refractivity contribution in [2.45, 2.75) is 6.54 Å². The molecule has 0 aliphatic carbocycles. The lowest BCUT2D eigenvalue weighted by Gasteiger charge is -2.10. The van der Waals surface area contributed by atoms with Crippen LogP contribution in [0.3, 0.4) is 0 Å². The van der Waals surface area contributed by atoms with E-state index in [2.05, 4.69) is 10.3 Å². The molecule has 0 atom stereocenters. The summed E-state index contributed by atoms with van der Waals surface area (Å²) in [6, 6.07) is 14.5. The van der Waals surface area contributed by atoms with Gasteiger partial charge in [-0.15, -0.1) is 0 Å². The molecule has 0 saturated heterocycles. The fourth-order valence-corrected chi connectivity index (χ4v) is 3.25. The summed E-state index contributed by atoms with van der Waals surface area (Å²) in [6.07, 6.45) is 1.94. The Labute approximate surface area is 153 Å². The lowest BCUT2D eigenvalue weighted by Crippen LogP contribution is -2.39. The summed E-state index contributed by atoms with van der Waals surface area (Å²) in [4.78, 5) is 39.0. The quantitative estimate of drug-likeness (QED) is 0.541. The summed E-state index contributed by atoms with van der Waals surface area (Å²) in [6.45, 7) is 0.446. The van der Waals surface area contributed by atoms with Crippen LogP contribution in [-0.2, 0) is 13.6 Å². The summed E-state index contributed by atoms with van der Waals surface area (Å²) >= 11 is 0. The molecule has 2 heterocycles. The fourth-order valence-electron chi connectivity index (χ4n) is 3.25. The molecule has 0 aliphatic rings. The number of aryl methyl sites for hydroxylation is 1. The Balaban J connectivity index is 1.53. The van der Waals surface area contributed by atoms with Crippen molar-refractivity contribution >= 4 is 27.8 Å². The second kappa shape index (κ2) is 6.60. The molecule has 4 rings (SSSR count). The minimum atomic E-state index is -0.672. The summed E-state index contributed by atoms with van der Waals surface area (Å²) < 4.78 is 3.37. The zero-order chi connectivity index (χ0) is 19.0. The number of benzene rings is 2. The Morgan fingerprint density at radius 1 is 1.07 bits per heavy atom. The predicted octanol–water partition coefficient (Wildman–Crippen LogP) is 1.61. The third-order valence-corrected chi connectivity index (χ3v) is 4.65. The van der Waals surface area contributed by atoms with Crippen molar-refractivity contribution in [3.05, 3.63) is 81.0 Å². The van der Waals surface area contributed by atoms with Crippen molar-refractivity contribution in [3.63, 3.8) is 0 Å². The van der Waals surface area contributed by atoms with E-state index in [4.69, 9.17) is 0 Å². The van der Waals surface area contributed by atoms with Crippen LogP contribution in [0.2, 0.25) is 0 Å². The van der Waals surface area contributed by atoms with E-state index in [0.717, 1.165) is 10.9 Å². The van der Waals surface area contributed by atoms with Gasteiger partial charge in [0.25, 0.3) is 5.91 Å². The lowest BCUT2D eigenvalue weighted by atomic mass is 10.1. The normalized spacial score (nSPS) is 11.1. The number of nitrogens with zero attached hydrogens (tertiary/aromatic N) is 2. The molecule has 4 aromatic rings. The third kappa shape index (κ3) is 3.03. The van der Waals surface area contributed by atoms with Crippen LogP contribution in [-0.4, -0.2) is 26.6 Å². The first-order chi connectivity index (χ1) is 13.0. The maximum absolute atomic E-state index is 12.4. The van der Waals surface area contributed by atoms with E-state index in [0.29, 0.717) is 16.6 Å². The van der Waals surface area contributed by atoms with Gasteiger partial charge in [-0.3, -0.25) is 14.4 Å². The smallest absolute Gasteiger partial charge is 0.316 e. The van der Waals surface area contributed by atoms with Crippen molar-refractivity contribution in [1.82, 2.24) is 19.4 Å². The van der Waals surface area contributed by atoms with Crippen LogP contribution in [0.25, 0.3) is 21.9 Å². The van der Waals surface area contributed by atoms with E-state index in [9.17, 15) is 14.4 Å². The predicted molar refractivity (Wildman–Crippen MR) is 104 cm³/mol. The minimum Gasteiger partial charge on any atom is -0.351 e. The first kappa shape index (κ1) is 16.8. The number of nitrogens with one attached hydrogen (secondary N) is 2. The van der Waals surface area contributed by atoms with Crippen LogP contribution >= 0.6 is 0 Å². The Hall–Kier alpha value is -3.61. The number of hydrogen-bond donors (Lipinski definition) is 2. The van der Waals surface area contributed by atoms with Crippen molar-refractivity contribution in [2.24, 2.45) is 7.05 Å². The van der Waals surface area contributed by atoms with Gasteiger partial charge in [-0.1, -0.05) is 12.1 Å². The molecule has 2 N–H and O–H groups in total. The molecule has 0 unspecified atom stereocenters. The van der Waals surface area contributed by atoms with Gasteiger partial charge in [0.15, 0.2) is 0 Å². The molecule has 0 spiro atoms. The van der Waals surface area contributed by atoms with Gasteiger partial charge in [-0.05, 0) is 36.4 Å². The number of carbonyl (C=O) groups is 1. The Kier molecular flexibility index (Phi) is 4.12. The van der Waals surface area contributed by atoms with Crippen LogP contribution in [0.5, 0.6) is 0 Å². The number of H-pyrrole nitrogens is 1. The number of carbonyl (C=O) groups excluding carboxylic acids is 1. The van der Waals surface area contributed by atoms with Gasteiger partial charge >= 0.3 is 11.1 Å². The number of amides is 1. The molecule has 0 fully saturated rings. The third-order valence-electron chi connectivity index (χ3n) is 4.65. The monoisotopic (exact) mass is 362 g/mol. The fraction of sp³-hybridized carbons (Fsp3) is 0.150. The van der Waals surface area contributed by atoms with E-state index < -0.39 is 11.1 Å². The molecule has 136 valence electrons. The molecule has 1 amide bonds. The highest BCUT2D eigenvalue weighted by Gasteiger charge is 2.10. The highest BCUT2D eigenvalue weighted by Crippen LogP contribution is 2.16. The standard InChI is InChI=1S/C20H18N4O3/c1-23-10-8-13-12-14(6-7-16(13)23)18(25)21-9-11-24-17-5-3-2-4-15(17)22-19(26)20(24)27/h2-8,10,12H,9,11H2,1H3,(H,21,25)(H,22,26). The lowest BCUT2D eigenvalue weighted by molar-refractivity contribution is 0.0952. The first-order valence-electron chi connectivity index (χ1n) is 8.60. The summed E-state index contributed by atoms with van der Waals surface area (Å²) in [5, 5.41) is 3.80. The number of fused-ring (bicyclic) bond motifs is 2. The van der Waals surface area contributed by atoms with Gasteiger partial charge in [0.1, 0.15) is 0 Å². The number of aromatic amines is 1. The maximum atomic E-state index is 12.4. The number of rotatable bonds is 4. The molecule has 7 nitrogen and oxygen atoms in total. The van der Waals surface area contributed by atoms with E-state index in [1.807, 2.05) is 36.0 Å². The zero-order valence-electron chi connectivity index (χ0n) is 14.7. The summed E-state index contributed by atoms with van der Waals surface area (Å²) in [7, 11) is 1.95. The van der Waals surface area contributed by atoms with E-state index in [1.165, 1.54) is 4.57 Å². The van der Waals surface area contributed by atoms with Gasteiger partial charge in [-0.2, -0.15) is 0 Å². The number of hydrogen-bond acceptors (Lipinski definition) is 3. The Morgan fingerprint density at radius 3 is 2.74 bits per heavy atom. The maximum Gasteiger partial charge on any atom is 0.316 e. The second-order valence-corrected chi connectivity index (χ2v) is 6.38. The highest BCUT2D eigenvalue weighted by atomic mass is 16.2. The van der Waals surface area contributed by atoms with Crippen molar-refractivity contribution in [2.75, 3.05) is 6.54 Å². The molecule has 27 heavy (non-hydrogen) atoms. The molecule has 0 bridgehead atoms. The van der Waals surface area contributed by atoms with Crippen LogP contribution in [0.1, 0.15) is 10.4 Å². The SMILES string of the molecule is Cn1ccc2cc(C(=O)NCCn3c(=O)c(=O)[nH]c4ccccc43)ccc21. The van der Waals surface area contributed by atoms with Gasteiger partial charge in [0.2, 0.25) is 0 Å². The minimum absolute atomic E-state index is 0.211. The van der Waals surface area contributed by atoms with Crippen molar-refractivity contribution in [1.29, 1.82) is 0 Å². The topological polar surface area (TPSA) is 88.9 Å². The van der Waals surface area contributed by atoms with Crippen LogP contribution in [0.15, 0.2) is 64.3 Å². The highest BCUT2D eigenvalue weighted by molar-refractivity contribution is 5.98. The average Bonchev–Trinajstić information content (AvgIpc) is 3.05. The molecule has 0 saturated carbocycles. The first-order valence-corrected chi connectivity index (χ1v) is 8.60. The summed E-state index contributed by atoms with van der Waals surface area (Å²) in [5.74, 6) is -0.219. The molecule has 0 radical (unpaired) electrons. The van der Waals surface area contributed by atoms with E-state index in [-0.39, 0.29) is 19.0 Å². The Bertz CT molecular complexity index is 1280. The second-order valence-electron chi connectivity index (χ2n) is 6.38. The average molecular weight is 362 g/mol.